The molecule has 0 spiro atoms. The number of thioether (sulfide) groups is 1. The van der Waals surface area contributed by atoms with E-state index in [0.29, 0.717) is 5.41 Å². The molecule has 0 aromatic heterocycles. The zero-order valence-electron chi connectivity index (χ0n) is 11.5. The topological polar surface area (TPSA) is 29.3 Å². The van der Waals surface area contributed by atoms with Crippen molar-refractivity contribution in [1.29, 1.82) is 0 Å². The zero-order valence-corrected chi connectivity index (χ0v) is 12.3. The molecule has 0 radical (unpaired) electrons. The predicted molar refractivity (Wildman–Crippen MR) is 77.5 cm³/mol. The minimum absolute atomic E-state index is 0.543. The van der Waals surface area contributed by atoms with Gasteiger partial charge in [0.25, 0.3) is 0 Å². The fourth-order valence-electron chi connectivity index (χ4n) is 3.30. The number of nitrogens with two attached hydrogens (primary N) is 1. The smallest absolute Gasteiger partial charge is 0.0191 e. The van der Waals surface area contributed by atoms with Crippen molar-refractivity contribution < 1.29 is 0 Å². The molecule has 2 heterocycles. The van der Waals surface area contributed by atoms with Gasteiger partial charge in [-0.1, -0.05) is 13.8 Å². The van der Waals surface area contributed by atoms with Crippen LogP contribution in [0.15, 0.2) is 0 Å². The van der Waals surface area contributed by atoms with Crippen molar-refractivity contribution in [2.75, 3.05) is 31.1 Å². The Morgan fingerprint density at radius 1 is 1.29 bits per heavy atom. The summed E-state index contributed by atoms with van der Waals surface area (Å²) in [6, 6.07) is 0.836. The third kappa shape index (κ3) is 3.87. The van der Waals surface area contributed by atoms with Crippen LogP contribution in [0.4, 0.5) is 0 Å². The number of piperidine rings is 1. The van der Waals surface area contributed by atoms with Crippen LogP contribution in [0.5, 0.6) is 0 Å². The average Bonchev–Trinajstić information content (AvgIpc) is 2.29. The van der Waals surface area contributed by atoms with Gasteiger partial charge in [0, 0.05) is 11.8 Å². The van der Waals surface area contributed by atoms with Gasteiger partial charge in [0.1, 0.15) is 0 Å². The van der Waals surface area contributed by atoms with E-state index in [4.69, 9.17) is 5.73 Å². The van der Waals surface area contributed by atoms with Crippen LogP contribution in [0, 0.1) is 11.3 Å². The summed E-state index contributed by atoms with van der Waals surface area (Å²) >= 11 is 2.15. The van der Waals surface area contributed by atoms with E-state index in [2.05, 4.69) is 30.5 Å². The van der Waals surface area contributed by atoms with Gasteiger partial charge in [-0.2, -0.15) is 11.8 Å². The molecular weight excluding hydrogens is 228 g/mol. The van der Waals surface area contributed by atoms with Crippen molar-refractivity contribution in [1.82, 2.24) is 4.90 Å². The summed E-state index contributed by atoms with van der Waals surface area (Å²) in [6.45, 7) is 8.34. The molecule has 2 nitrogen and oxygen atoms in total. The first-order valence-corrected chi connectivity index (χ1v) is 8.28. The maximum absolute atomic E-state index is 5.66. The summed E-state index contributed by atoms with van der Waals surface area (Å²) < 4.78 is 0. The molecule has 1 atom stereocenters. The van der Waals surface area contributed by atoms with Crippen LogP contribution in [-0.2, 0) is 0 Å². The summed E-state index contributed by atoms with van der Waals surface area (Å²) in [5.41, 5.74) is 6.20. The molecule has 0 saturated carbocycles. The van der Waals surface area contributed by atoms with Gasteiger partial charge in [-0.3, -0.25) is 4.90 Å². The molecule has 2 saturated heterocycles. The maximum atomic E-state index is 5.66. The Morgan fingerprint density at radius 2 is 2.00 bits per heavy atom. The Hall–Kier alpha value is 0.270. The minimum Gasteiger partial charge on any atom is -0.330 e. The van der Waals surface area contributed by atoms with E-state index in [0.717, 1.165) is 18.5 Å². The highest BCUT2D eigenvalue weighted by atomic mass is 32.2. The van der Waals surface area contributed by atoms with Gasteiger partial charge >= 0.3 is 0 Å². The summed E-state index contributed by atoms with van der Waals surface area (Å²) in [4.78, 5) is 2.75. The van der Waals surface area contributed by atoms with E-state index in [1.165, 1.54) is 50.3 Å². The molecular formula is C14H28N2S. The Bertz CT molecular complexity index is 234. The molecule has 2 fully saturated rings. The summed E-state index contributed by atoms with van der Waals surface area (Å²) in [5.74, 6) is 3.60. The van der Waals surface area contributed by atoms with E-state index in [1.807, 2.05) is 0 Å². The normalized spacial score (nSPS) is 31.6. The number of nitrogens with zero attached hydrogens (tertiary/aromatic N) is 1. The van der Waals surface area contributed by atoms with Gasteiger partial charge in [0.2, 0.25) is 0 Å². The van der Waals surface area contributed by atoms with Crippen molar-refractivity contribution >= 4 is 11.8 Å². The third-order valence-corrected chi connectivity index (χ3v) is 5.94. The highest BCUT2D eigenvalue weighted by molar-refractivity contribution is 7.99. The van der Waals surface area contributed by atoms with E-state index in [-0.39, 0.29) is 0 Å². The first kappa shape index (κ1) is 13.7. The molecule has 0 amide bonds. The quantitative estimate of drug-likeness (QED) is 0.841. The largest absolute Gasteiger partial charge is 0.330 e. The molecule has 0 aliphatic carbocycles. The second kappa shape index (κ2) is 5.94. The molecule has 3 heteroatoms. The Morgan fingerprint density at radius 3 is 2.59 bits per heavy atom. The Kier molecular flexibility index (Phi) is 4.79. The van der Waals surface area contributed by atoms with Crippen LogP contribution in [-0.4, -0.2) is 42.1 Å². The van der Waals surface area contributed by atoms with Crippen LogP contribution in [0.1, 0.15) is 39.5 Å². The second-order valence-electron chi connectivity index (χ2n) is 6.59. The molecule has 0 aromatic carbocycles. The predicted octanol–water partition coefficient (Wildman–Crippen LogP) is 2.58. The van der Waals surface area contributed by atoms with E-state index in [9.17, 15) is 0 Å². The summed E-state index contributed by atoms with van der Waals surface area (Å²) in [6.07, 6.45) is 5.37. The number of likely N-dealkylation sites (tertiary alicyclic amines) is 1. The molecule has 2 aliphatic heterocycles. The summed E-state index contributed by atoms with van der Waals surface area (Å²) in [5, 5.41) is 0. The molecule has 0 aromatic rings. The lowest BCUT2D eigenvalue weighted by molar-refractivity contribution is 0.110. The second-order valence-corrected chi connectivity index (χ2v) is 7.62. The van der Waals surface area contributed by atoms with Gasteiger partial charge in [0.05, 0.1) is 0 Å². The molecule has 1 unspecified atom stereocenters. The Labute approximate surface area is 111 Å². The third-order valence-electron chi connectivity index (χ3n) is 4.33. The van der Waals surface area contributed by atoms with Crippen molar-refractivity contribution in [3.63, 3.8) is 0 Å². The molecule has 2 aliphatic rings. The standard InChI is InChI=1S/C14H28N2S/c1-14(2)9-13(10-17-11-14)16-7-4-12(3-6-15)5-8-16/h12-13H,3-11,15H2,1-2H3. The van der Waals surface area contributed by atoms with E-state index >= 15 is 0 Å². The zero-order chi connectivity index (χ0) is 12.3. The number of rotatable bonds is 3. The number of hydrogen-bond donors (Lipinski definition) is 1. The molecule has 2 rings (SSSR count). The monoisotopic (exact) mass is 256 g/mol. The van der Waals surface area contributed by atoms with Crippen molar-refractivity contribution in [2.45, 2.75) is 45.6 Å². The van der Waals surface area contributed by atoms with E-state index < -0.39 is 0 Å². The lowest BCUT2D eigenvalue weighted by Gasteiger charge is -2.43. The van der Waals surface area contributed by atoms with Crippen molar-refractivity contribution in [3.8, 4) is 0 Å². The molecule has 17 heavy (non-hydrogen) atoms. The van der Waals surface area contributed by atoms with Gasteiger partial charge in [0.15, 0.2) is 0 Å². The molecule has 2 N–H and O–H groups in total. The maximum Gasteiger partial charge on any atom is 0.0191 e. The van der Waals surface area contributed by atoms with Crippen LogP contribution in [0.2, 0.25) is 0 Å². The van der Waals surface area contributed by atoms with Gasteiger partial charge in [-0.15, -0.1) is 0 Å². The number of hydrogen-bond acceptors (Lipinski definition) is 3. The molecule has 100 valence electrons. The summed E-state index contributed by atoms with van der Waals surface area (Å²) in [7, 11) is 0. The van der Waals surface area contributed by atoms with Gasteiger partial charge < -0.3 is 5.73 Å². The van der Waals surface area contributed by atoms with Crippen LogP contribution >= 0.6 is 11.8 Å². The SMILES string of the molecule is CC1(C)CSCC(N2CCC(CCN)CC2)C1. The van der Waals surface area contributed by atoms with Crippen LogP contribution in [0.25, 0.3) is 0 Å². The fraction of sp³-hybridized carbons (Fsp3) is 1.00. The Balaban J connectivity index is 1.80. The first-order valence-electron chi connectivity index (χ1n) is 7.12. The van der Waals surface area contributed by atoms with Crippen LogP contribution < -0.4 is 5.73 Å². The van der Waals surface area contributed by atoms with E-state index in [1.54, 1.807) is 0 Å². The fourth-order valence-corrected chi connectivity index (χ4v) is 4.69. The lowest BCUT2D eigenvalue weighted by atomic mass is 9.85. The minimum atomic E-state index is 0.543. The molecule has 0 bridgehead atoms. The van der Waals surface area contributed by atoms with Crippen molar-refractivity contribution in [2.24, 2.45) is 17.1 Å². The average molecular weight is 256 g/mol. The lowest BCUT2D eigenvalue weighted by Crippen LogP contribution is -2.47. The van der Waals surface area contributed by atoms with Gasteiger partial charge in [-0.25, -0.2) is 0 Å². The highest BCUT2D eigenvalue weighted by Crippen LogP contribution is 2.36. The first-order chi connectivity index (χ1) is 8.11. The highest BCUT2D eigenvalue weighted by Gasteiger charge is 2.33. The van der Waals surface area contributed by atoms with Crippen LogP contribution in [0.3, 0.4) is 0 Å². The van der Waals surface area contributed by atoms with Gasteiger partial charge in [-0.05, 0) is 62.4 Å². The van der Waals surface area contributed by atoms with Crippen molar-refractivity contribution in [3.05, 3.63) is 0 Å².